The zero-order valence-corrected chi connectivity index (χ0v) is 21.5. The van der Waals surface area contributed by atoms with Crippen LogP contribution in [0.2, 0.25) is 0 Å². The van der Waals surface area contributed by atoms with E-state index in [1.54, 1.807) is 6.92 Å². The maximum Gasteiger partial charge on any atom is 0.407 e. The molecule has 1 N–H and O–H groups in total. The lowest BCUT2D eigenvalue weighted by atomic mass is 9.93. The van der Waals surface area contributed by atoms with Gasteiger partial charge in [0.1, 0.15) is 7.85 Å². The molecule has 0 aliphatic heterocycles. The first-order valence-corrected chi connectivity index (χ1v) is 12.5. The van der Waals surface area contributed by atoms with Crippen molar-refractivity contribution in [3.05, 3.63) is 23.5 Å². The summed E-state index contributed by atoms with van der Waals surface area (Å²) in [7, 11) is 5.71. The Balaban J connectivity index is 1.31. The fourth-order valence-electron chi connectivity index (χ4n) is 4.44. The lowest BCUT2D eigenvalue weighted by Gasteiger charge is -2.18. The summed E-state index contributed by atoms with van der Waals surface area (Å²) in [6.45, 7) is 5.80. The maximum atomic E-state index is 14.1. The fraction of sp³-hybridized carbons (Fsp3) is 0.615. The average molecular weight is 501 g/mol. The number of ether oxygens (including phenoxy) is 3. The Morgan fingerprint density at radius 3 is 2.83 bits per heavy atom. The van der Waals surface area contributed by atoms with Crippen molar-refractivity contribution in [3.63, 3.8) is 0 Å². The highest BCUT2D eigenvalue weighted by molar-refractivity contribution is 7.82. The molecule has 1 amide bonds. The van der Waals surface area contributed by atoms with E-state index in [1.165, 1.54) is 12.1 Å². The van der Waals surface area contributed by atoms with Crippen molar-refractivity contribution < 1.29 is 28.2 Å². The van der Waals surface area contributed by atoms with Crippen LogP contribution < -0.4 is 15.5 Å². The number of esters is 1. The van der Waals surface area contributed by atoms with Crippen LogP contribution in [-0.4, -0.2) is 50.0 Å². The molecule has 3 rings (SSSR count). The number of fused-ring (bicyclic) bond motifs is 1. The maximum absolute atomic E-state index is 14.1. The van der Waals surface area contributed by atoms with Crippen molar-refractivity contribution in [2.75, 3.05) is 13.2 Å². The van der Waals surface area contributed by atoms with Crippen LogP contribution in [-0.2, 0) is 14.3 Å². The van der Waals surface area contributed by atoms with E-state index < -0.39 is 17.9 Å². The van der Waals surface area contributed by atoms with E-state index in [4.69, 9.17) is 34.7 Å². The number of rotatable bonds is 10. The Labute approximate surface area is 213 Å². The minimum Gasteiger partial charge on any atom is -0.449 e. The molecule has 2 radical (unpaired) electrons. The number of alkyl carbamates (subject to hydrolysis) is 1. The average Bonchev–Trinajstić information content (AvgIpc) is 3.35. The number of aryl methyl sites for hydroxylation is 1. The topological polar surface area (TPSA) is 73.9 Å². The monoisotopic (exact) mass is 501 g/mol. The first-order chi connectivity index (χ1) is 16.6. The van der Waals surface area contributed by atoms with Gasteiger partial charge in [0.15, 0.2) is 11.6 Å². The Morgan fingerprint density at radius 1 is 1.31 bits per heavy atom. The van der Waals surface area contributed by atoms with Gasteiger partial charge in [0.25, 0.3) is 0 Å². The van der Waals surface area contributed by atoms with E-state index in [9.17, 15) is 14.0 Å². The molecule has 6 nitrogen and oxygen atoms in total. The van der Waals surface area contributed by atoms with Crippen molar-refractivity contribution in [1.29, 1.82) is 0 Å². The molecule has 35 heavy (non-hydrogen) atoms. The second kappa shape index (κ2) is 12.2. The van der Waals surface area contributed by atoms with Gasteiger partial charge in [-0.2, -0.15) is 12.6 Å². The minimum absolute atomic E-state index is 0.0386. The Kier molecular flexibility index (Phi) is 9.54. The highest BCUT2D eigenvalue weighted by Crippen LogP contribution is 2.60. The number of nitrogens with one attached hydrogen (secondary N) is 1. The van der Waals surface area contributed by atoms with Crippen molar-refractivity contribution in [3.8, 4) is 17.6 Å². The van der Waals surface area contributed by atoms with Gasteiger partial charge in [-0.1, -0.05) is 17.6 Å². The van der Waals surface area contributed by atoms with Gasteiger partial charge < -0.3 is 19.5 Å². The second-order valence-electron chi connectivity index (χ2n) is 9.51. The van der Waals surface area contributed by atoms with Crippen LogP contribution in [0.15, 0.2) is 12.1 Å². The van der Waals surface area contributed by atoms with Crippen LogP contribution in [0.4, 0.5) is 9.18 Å². The fourth-order valence-corrected chi connectivity index (χ4v) is 5.04. The van der Waals surface area contributed by atoms with Crippen molar-refractivity contribution >= 4 is 38.0 Å². The molecule has 0 aromatic heterocycles. The van der Waals surface area contributed by atoms with Gasteiger partial charge in [0.2, 0.25) is 0 Å². The van der Waals surface area contributed by atoms with Gasteiger partial charge >= 0.3 is 12.1 Å². The molecule has 1 fully saturated rings. The van der Waals surface area contributed by atoms with Gasteiger partial charge in [-0.3, -0.25) is 4.79 Å². The summed E-state index contributed by atoms with van der Waals surface area (Å²) < 4.78 is 30.3. The first-order valence-electron chi connectivity index (χ1n) is 12.1. The number of benzene rings is 1. The third kappa shape index (κ3) is 7.41. The number of hydrogen-bond acceptors (Lipinski definition) is 6. The Hall–Kier alpha value is -2.18. The predicted octanol–water partition coefficient (Wildman–Crippen LogP) is 3.63. The Bertz CT molecular complexity index is 996. The molecule has 0 saturated heterocycles. The summed E-state index contributed by atoms with van der Waals surface area (Å²) in [4.78, 5) is 24.3. The van der Waals surface area contributed by atoms with Gasteiger partial charge in [0, 0.05) is 29.9 Å². The smallest absolute Gasteiger partial charge is 0.407 e. The zero-order chi connectivity index (χ0) is 25.6. The van der Waals surface area contributed by atoms with Crippen LogP contribution in [0.1, 0.15) is 57.9 Å². The molecule has 5 unspecified atom stereocenters. The number of thiol groups is 1. The zero-order valence-electron chi connectivity index (χ0n) is 20.6. The number of carbonyl (C=O) groups is 2. The largest absolute Gasteiger partial charge is 0.449 e. The lowest BCUT2D eigenvalue weighted by molar-refractivity contribution is -0.135. The van der Waals surface area contributed by atoms with Gasteiger partial charge in [0.05, 0.1) is 25.4 Å². The summed E-state index contributed by atoms with van der Waals surface area (Å²) in [5.41, 5.74) is 0.419. The third-order valence-corrected chi connectivity index (χ3v) is 7.58. The van der Waals surface area contributed by atoms with Crippen LogP contribution in [0.25, 0.3) is 0 Å². The molecule has 2 aliphatic rings. The number of hydrogen-bond donors (Lipinski definition) is 2. The molecule has 0 bridgehead atoms. The normalized spacial score (nSPS) is 24.5. The standard InChI is InChI=1S/C26H33BFNO5S/c1-16-9-11-21(27)24(23(16)28)34-22(30)12-10-18(3)32-14-17(2)29-25(31)33-15-20-19-8-6-4-5-7-13-26(19,20)35/h9,11,17-20,35H,6-8,10,12-15H2,1-3H3,(H,29,31). The second-order valence-corrected chi connectivity index (χ2v) is 10.3. The van der Waals surface area contributed by atoms with Gasteiger partial charge in [-0.05, 0) is 51.5 Å². The first kappa shape index (κ1) is 27.4. The van der Waals surface area contributed by atoms with E-state index in [-0.39, 0.29) is 47.1 Å². The molecule has 2 aliphatic carbocycles. The number of halogens is 1. The molecule has 0 spiro atoms. The van der Waals surface area contributed by atoms with E-state index in [0.717, 1.165) is 25.7 Å². The third-order valence-electron chi connectivity index (χ3n) is 6.70. The number of amides is 1. The lowest BCUT2D eigenvalue weighted by Crippen LogP contribution is -2.37. The molecule has 0 heterocycles. The molecule has 1 aromatic carbocycles. The SMILES string of the molecule is [B]c1ccc(C)c(F)c1OC(=O)CCC(C)OCC(C)NC(=O)OCC1C2CCC#CCCC21S. The summed E-state index contributed by atoms with van der Waals surface area (Å²) in [5.74, 6) is 5.55. The van der Waals surface area contributed by atoms with E-state index in [2.05, 4.69) is 17.2 Å². The molecule has 5 atom stereocenters. The molecule has 188 valence electrons. The van der Waals surface area contributed by atoms with Crippen LogP contribution in [0.5, 0.6) is 5.75 Å². The van der Waals surface area contributed by atoms with Crippen LogP contribution >= 0.6 is 12.6 Å². The molecule has 9 heteroatoms. The highest BCUT2D eigenvalue weighted by Gasteiger charge is 2.61. The Morgan fingerprint density at radius 2 is 2.06 bits per heavy atom. The van der Waals surface area contributed by atoms with Gasteiger partial charge in [-0.15, -0.1) is 11.8 Å². The van der Waals surface area contributed by atoms with Crippen molar-refractivity contribution in [2.45, 2.75) is 76.2 Å². The quantitative estimate of drug-likeness (QED) is 0.169. The summed E-state index contributed by atoms with van der Waals surface area (Å²) >= 11 is 4.85. The number of carbonyl (C=O) groups excluding carboxylic acids is 2. The van der Waals surface area contributed by atoms with E-state index in [0.29, 0.717) is 24.5 Å². The molecule has 1 aromatic rings. The van der Waals surface area contributed by atoms with Gasteiger partial charge in [-0.25, -0.2) is 9.18 Å². The van der Waals surface area contributed by atoms with Crippen molar-refractivity contribution in [1.82, 2.24) is 5.32 Å². The van der Waals surface area contributed by atoms with E-state index >= 15 is 0 Å². The molecular weight excluding hydrogens is 468 g/mol. The summed E-state index contributed by atoms with van der Waals surface area (Å²) in [5, 5.41) is 2.77. The summed E-state index contributed by atoms with van der Waals surface area (Å²) in [6.07, 6.45) is 3.29. The summed E-state index contributed by atoms with van der Waals surface area (Å²) in [6, 6.07) is 2.75. The predicted molar refractivity (Wildman–Crippen MR) is 136 cm³/mol. The molecule has 1 saturated carbocycles. The minimum atomic E-state index is -0.639. The van der Waals surface area contributed by atoms with Crippen LogP contribution in [0.3, 0.4) is 0 Å². The van der Waals surface area contributed by atoms with Crippen LogP contribution in [0, 0.1) is 36.4 Å². The highest BCUT2D eigenvalue weighted by atomic mass is 32.1. The molecular formula is C26H33BFNO5S. The van der Waals surface area contributed by atoms with E-state index in [1.807, 2.05) is 13.8 Å². The van der Waals surface area contributed by atoms with Crippen molar-refractivity contribution in [2.24, 2.45) is 11.8 Å².